The molecule has 0 amide bonds. The lowest BCUT2D eigenvalue weighted by atomic mass is 10.0. The number of sulfonamides is 1. The van der Waals surface area contributed by atoms with E-state index in [9.17, 15) is 13.7 Å². The molecular weight excluding hydrogens is 478 g/mol. The third-order valence-corrected chi connectivity index (χ3v) is 8.47. The Bertz CT molecular complexity index is 1340. The number of rotatable bonds is 8. The van der Waals surface area contributed by atoms with E-state index in [0.29, 0.717) is 37.5 Å². The van der Waals surface area contributed by atoms with E-state index in [0.717, 1.165) is 44.8 Å². The second-order valence-electron chi connectivity index (χ2n) is 8.92. The predicted octanol–water partition coefficient (Wildman–Crippen LogP) is 3.09. The van der Waals surface area contributed by atoms with Crippen LogP contribution in [0.2, 0.25) is 0 Å². The van der Waals surface area contributed by atoms with Crippen molar-refractivity contribution in [1.29, 1.82) is 5.26 Å². The van der Waals surface area contributed by atoms with Crippen LogP contribution >= 0.6 is 0 Å². The third kappa shape index (κ3) is 5.29. The van der Waals surface area contributed by atoms with Crippen molar-refractivity contribution in [2.45, 2.75) is 24.3 Å². The number of morpholine rings is 1. The van der Waals surface area contributed by atoms with Gasteiger partial charge < -0.3 is 14.5 Å². The molecule has 0 atom stereocenters. The average molecular weight is 508 g/mol. The van der Waals surface area contributed by atoms with Crippen LogP contribution in [0.5, 0.6) is 0 Å². The number of hydrogen-bond acceptors (Lipinski definition) is 8. The molecule has 0 unspecified atom stereocenters. The fourth-order valence-electron chi connectivity index (χ4n) is 4.56. The van der Waals surface area contributed by atoms with Crippen LogP contribution in [0.3, 0.4) is 0 Å². The highest BCUT2D eigenvalue weighted by Crippen LogP contribution is 2.29. The number of hydrogen-bond donors (Lipinski definition) is 1. The highest BCUT2D eigenvalue weighted by molar-refractivity contribution is 7.89. The third-order valence-electron chi connectivity index (χ3n) is 6.61. The zero-order valence-electron chi connectivity index (χ0n) is 20.0. The molecule has 1 fully saturated rings. The van der Waals surface area contributed by atoms with Gasteiger partial charge in [0.2, 0.25) is 27.5 Å². The maximum Gasteiger partial charge on any atom is 0.243 e. The van der Waals surface area contributed by atoms with E-state index < -0.39 is 10.0 Å². The largest absolute Gasteiger partial charge is 0.419 e. The topological polar surface area (TPSA) is 112 Å². The minimum atomic E-state index is -3.63. The smallest absolute Gasteiger partial charge is 0.243 e. The molecule has 3 heterocycles. The predicted molar refractivity (Wildman–Crippen MR) is 135 cm³/mol. The molecule has 1 saturated heterocycles. The average Bonchev–Trinajstić information content (AvgIpc) is 3.34. The van der Waals surface area contributed by atoms with Crippen LogP contribution in [0, 0.1) is 11.3 Å². The molecule has 0 spiro atoms. The number of oxazole rings is 1. The molecule has 2 aliphatic rings. The Balaban J connectivity index is 1.24. The maximum absolute atomic E-state index is 13.2. The fraction of sp³-hybridized carbons (Fsp3) is 0.385. The Morgan fingerprint density at radius 2 is 1.78 bits per heavy atom. The van der Waals surface area contributed by atoms with Crippen LogP contribution in [-0.2, 0) is 27.7 Å². The summed E-state index contributed by atoms with van der Waals surface area (Å²) in [5, 5.41) is 12.7. The van der Waals surface area contributed by atoms with Crippen molar-refractivity contribution in [1.82, 2.24) is 14.2 Å². The minimum Gasteiger partial charge on any atom is -0.419 e. The van der Waals surface area contributed by atoms with Crippen molar-refractivity contribution in [3.05, 3.63) is 65.4 Å². The number of anilines is 1. The number of aromatic nitrogens is 1. The molecule has 9 nitrogen and oxygen atoms in total. The monoisotopic (exact) mass is 507 g/mol. The molecule has 10 heteroatoms. The second-order valence-corrected chi connectivity index (χ2v) is 10.9. The van der Waals surface area contributed by atoms with Crippen molar-refractivity contribution in [2.24, 2.45) is 0 Å². The summed E-state index contributed by atoms with van der Waals surface area (Å²) >= 11 is 0. The van der Waals surface area contributed by atoms with Gasteiger partial charge in [0.05, 0.1) is 18.1 Å². The zero-order chi connectivity index (χ0) is 25.0. The molecule has 1 aromatic heterocycles. The summed E-state index contributed by atoms with van der Waals surface area (Å²) in [5.74, 6) is 0.608. The van der Waals surface area contributed by atoms with Gasteiger partial charge in [-0.25, -0.2) is 8.42 Å². The van der Waals surface area contributed by atoms with Gasteiger partial charge in [0.15, 0.2) is 0 Å². The molecule has 2 aromatic carbocycles. The van der Waals surface area contributed by atoms with Gasteiger partial charge in [0, 0.05) is 38.3 Å². The molecule has 0 radical (unpaired) electrons. The molecule has 2 aliphatic heterocycles. The number of benzene rings is 2. The van der Waals surface area contributed by atoms with Gasteiger partial charge in [-0.2, -0.15) is 14.6 Å². The number of nitriles is 1. The molecular formula is C26H29N5O4S. The van der Waals surface area contributed by atoms with E-state index in [1.165, 1.54) is 9.87 Å². The van der Waals surface area contributed by atoms with Gasteiger partial charge in [0.1, 0.15) is 6.07 Å². The van der Waals surface area contributed by atoms with E-state index >= 15 is 0 Å². The van der Waals surface area contributed by atoms with Gasteiger partial charge >= 0.3 is 0 Å². The first-order valence-electron chi connectivity index (χ1n) is 12.2. The van der Waals surface area contributed by atoms with Gasteiger partial charge in [-0.05, 0) is 54.8 Å². The maximum atomic E-state index is 13.2. The Morgan fingerprint density at radius 1 is 1.03 bits per heavy atom. The molecule has 5 rings (SSSR count). The van der Waals surface area contributed by atoms with Crippen LogP contribution in [0.1, 0.15) is 23.2 Å². The van der Waals surface area contributed by atoms with E-state index in [-0.39, 0.29) is 16.5 Å². The Morgan fingerprint density at radius 3 is 2.53 bits per heavy atom. The molecule has 188 valence electrons. The minimum absolute atomic E-state index is 0.181. The second kappa shape index (κ2) is 10.8. The Labute approximate surface area is 211 Å². The summed E-state index contributed by atoms with van der Waals surface area (Å²) < 4.78 is 39.2. The number of ether oxygens (including phenoxy) is 1. The first kappa shape index (κ1) is 24.5. The molecule has 0 bridgehead atoms. The standard InChI is InChI=1S/C26H29N5O4S/c27-18-24-26(28-11-3-12-30-14-16-34-17-15-30)35-25(29-24)21-6-8-23(9-7-21)36(32,33)31-13-10-20-4-1-2-5-22(20)19-31/h1-2,4-9,28H,3,10-17,19H2. The van der Waals surface area contributed by atoms with Crippen LogP contribution in [0.4, 0.5) is 5.88 Å². The molecule has 0 saturated carbocycles. The van der Waals surface area contributed by atoms with Crippen molar-refractivity contribution < 1.29 is 17.6 Å². The number of nitrogens with zero attached hydrogens (tertiary/aromatic N) is 4. The van der Waals surface area contributed by atoms with Gasteiger partial charge in [-0.3, -0.25) is 4.90 Å². The SMILES string of the molecule is N#Cc1nc(-c2ccc(S(=O)(=O)N3CCc4ccccc4C3)cc2)oc1NCCCN1CCOCC1. The van der Waals surface area contributed by atoms with E-state index in [1.54, 1.807) is 24.3 Å². The van der Waals surface area contributed by atoms with Gasteiger partial charge in [-0.1, -0.05) is 24.3 Å². The van der Waals surface area contributed by atoms with Crippen LogP contribution in [0.15, 0.2) is 57.8 Å². The van der Waals surface area contributed by atoms with E-state index in [2.05, 4.69) is 21.3 Å². The van der Waals surface area contributed by atoms with E-state index in [4.69, 9.17) is 9.15 Å². The molecule has 0 aliphatic carbocycles. The summed E-state index contributed by atoms with van der Waals surface area (Å²) in [4.78, 5) is 6.87. The fourth-order valence-corrected chi connectivity index (χ4v) is 5.98. The van der Waals surface area contributed by atoms with Crippen LogP contribution < -0.4 is 5.32 Å². The summed E-state index contributed by atoms with van der Waals surface area (Å²) in [5.41, 5.74) is 3.02. The van der Waals surface area contributed by atoms with Crippen molar-refractivity contribution in [2.75, 3.05) is 51.3 Å². The molecule has 1 N–H and O–H groups in total. The highest BCUT2D eigenvalue weighted by atomic mass is 32.2. The van der Waals surface area contributed by atoms with Gasteiger partial charge in [0.25, 0.3) is 0 Å². The number of nitrogens with one attached hydrogen (secondary N) is 1. The normalized spacial score (nSPS) is 16.9. The summed E-state index contributed by atoms with van der Waals surface area (Å²) in [6.45, 7) is 5.82. The summed E-state index contributed by atoms with van der Waals surface area (Å²) in [7, 11) is -3.63. The lowest BCUT2D eigenvalue weighted by Gasteiger charge is -2.28. The Hall–Kier alpha value is -3.23. The summed E-state index contributed by atoms with van der Waals surface area (Å²) in [6.07, 6.45) is 1.59. The first-order chi connectivity index (χ1) is 17.5. The van der Waals surface area contributed by atoms with Crippen LogP contribution in [0.25, 0.3) is 11.5 Å². The van der Waals surface area contributed by atoms with Crippen LogP contribution in [-0.4, -0.2) is 68.5 Å². The first-order valence-corrected chi connectivity index (χ1v) is 13.6. The van der Waals surface area contributed by atoms with E-state index in [1.807, 2.05) is 24.3 Å². The zero-order valence-corrected chi connectivity index (χ0v) is 20.8. The summed E-state index contributed by atoms with van der Waals surface area (Å²) in [6, 6.07) is 16.5. The number of fused-ring (bicyclic) bond motifs is 1. The van der Waals surface area contributed by atoms with Gasteiger partial charge in [-0.15, -0.1) is 0 Å². The highest BCUT2D eigenvalue weighted by Gasteiger charge is 2.28. The Kier molecular flexibility index (Phi) is 7.34. The van der Waals surface area contributed by atoms with Crippen molar-refractivity contribution in [3.8, 4) is 17.5 Å². The molecule has 36 heavy (non-hydrogen) atoms. The molecule has 3 aromatic rings. The quantitative estimate of drug-likeness (QED) is 0.463. The lowest BCUT2D eigenvalue weighted by Crippen LogP contribution is -2.37. The van der Waals surface area contributed by atoms with Crippen molar-refractivity contribution in [3.63, 3.8) is 0 Å². The van der Waals surface area contributed by atoms with Crippen molar-refractivity contribution >= 4 is 15.9 Å². The lowest BCUT2D eigenvalue weighted by molar-refractivity contribution is 0.0378.